The molecule has 4 nitrogen and oxygen atoms in total. The normalized spacial score (nSPS) is 28.2. The molecule has 164 valence electrons. The fraction of sp³-hybridized carbons (Fsp3) is 0.519. The highest BCUT2D eigenvalue weighted by molar-refractivity contribution is 5.70. The first-order valence-electron chi connectivity index (χ1n) is 11.8. The van der Waals surface area contributed by atoms with Gasteiger partial charge in [-0.15, -0.1) is 0 Å². The molecule has 2 atom stereocenters. The minimum atomic E-state index is -0.260. The Labute approximate surface area is 186 Å². The minimum absolute atomic E-state index is 0.0207. The van der Waals surface area contributed by atoms with Crippen LogP contribution in [0.15, 0.2) is 42.5 Å². The van der Waals surface area contributed by atoms with Crippen LogP contribution in [0.2, 0.25) is 0 Å². The minimum Gasteiger partial charge on any atom is -0.445 e. The summed E-state index contributed by atoms with van der Waals surface area (Å²) in [4.78, 5) is 15.3. The van der Waals surface area contributed by atoms with Crippen LogP contribution in [0.3, 0.4) is 0 Å². The maximum atomic E-state index is 12.8. The Morgan fingerprint density at radius 1 is 1.10 bits per heavy atom. The lowest BCUT2D eigenvalue weighted by Crippen LogP contribution is -2.53. The number of hydrogen-bond acceptors (Lipinski definition) is 3. The molecule has 0 saturated carbocycles. The van der Waals surface area contributed by atoms with Crippen molar-refractivity contribution in [3.63, 3.8) is 0 Å². The molecule has 0 spiro atoms. The Hall–Kier alpha value is -2.33. The van der Waals surface area contributed by atoms with Gasteiger partial charge in [-0.05, 0) is 77.9 Å². The molecule has 1 aliphatic carbocycles. The van der Waals surface area contributed by atoms with Crippen LogP contribution < -0.4 is 5.32 Å². The molecule has 2 aromatic rings. The monoisotopic (exact) mass is 418 g/mol. The van der Waals surface area contributed by atoms with Crippen molar-refractivity contribution in [3.05, 3.63) is 59.2 Å². The average Bonchev–Trinajstić information content (AvgIpc) is 3.03. The van der Waals surface area contributed by atoms with Gasteiger partial charge in [-0.3, -0.25) is 4.90 Å². The number of hydrogen-bond donors (Lipinski definition) is 1. The van der Waals surface area contributed by atoms with Gasteiger partial charge in [0, 0.05) is 6.54 Å². The van der Waals surface area contributed by atoms with Crippen molar-refractivity contribution < 1.29 is 9.53 Å². The van der Waals surface area contributed by atoms with Gasteiger partial charge >= 0.3 is 6.09 Å². The molecule has 3 fully saturated rings. The number of nitrogens with zero attached hydrogens (tertiary/aromatic N) is 1. The van der Waals surface area contributed by atoms with Gasteiger partial charge in [0.05, 0.1) is 6.04 Å². The first-order chi connectivity index (χ1) is 14.9. The van der Waals surface area contributed by atoms with E-state index in [0.29, 0.717) is 5.92 Å². The third-order valence-corrected chi connectivity index (χ3v) is 7.69. The Morgan fingerprint density at radius 3 is 2.45 bits per heavy atom. The molecule has 3 heterocycles. The van der Waals surface area contributed by atoms with E-state index in [1.165, 1.54) is 27.8 Å². The number of ether oxygens (including phenoxy) is 1. The van der Waals surface area contributed by atoms with Gasteiger partial charge in [0.1, 0.15) is 6.10 Å². The molecule has 6 rings (SSSR count). The highest BCUT2D eigenvalue weighted by Gasteiger charge is 2.42. The smallest absolute Gasteiger partial charge is 0.407 e. The van der Waals surface area contributed by atoms with Crippen LogP contribution in [-0.4, -0.2) is 36.7 Å². The van der Waals surface area contributed by atoms with Crippen molar-refractivity contribution in [1.29, 1.82) is 0 Å². The van der Waals surface area contributed by atoms with E-state index in [1.807, 2.05) is 0 Å². The second-order valence-corrected chi connectivity index (χ2v) is 10.3. The lowest BCUT2D eigenvalue weighted by molar-refractivity contribution is -0.0348. The van der Waals surface area contributed by atoms with Crippen LogP contribution in [0.1, 0.15) is 56.3 Å². The molecule has 1 unspecified atom stereocenters. The van der Waals surface area contributed by atoms with Crippen LogP contribution in [0, 0.1) is 11.3 Å². The number of rotatable bonds is 4. The highest BCUT2D eigenvalue weighted by Crippen LogP contribution is 2.46. The fourth-order valence-electron chi connectivity index (χ4n) is 5.77. The molecule has 2 bridgehead atoms. The Balaban J connectivity index is 1.31. The van der Waals surface area contributed by atoms with Gasteiger partial charge in [0.15, 0.2) is 0 Å². The first-order valence-corrected chi connectivity index (χ1v) is 11.8. The third kappa shape index (κ3) is 3.98. The van der Waals surface area contributed by atoms with Gasteiger partial charge in [0.25, 0.3) is 0 Å². The molecule has 1 N–H and O–H groups in total. The standard InChI is InChI=1S/C27H34N2O2/c1-4-18-5-7-19(8-6-18)21-9-10-23-22(15-21)16-27(2,3)25(23)28-26(30)31-24-17-29-13-11-20(24)12-14-29/h5-10,15,20,24-25H,4,11-14,16-17H2,1-3H3,(H,28,30)/t24-,25?/m1/s1. The predicted octanol–water partition coefficient (Wildman–Crippen LogP) is 5.36. The van der Waals surface area contributed by atoms with E-state index in [4.69, 9.17) is 4.74 Å². The van der Waals surface area contributed by atoms with E-state index in [1.54, 1.807) is 0 Å². The molecule has 3 saturated heterocycles. The largest absolute Gasteiger partial charge is 0.445 e. The number of nitrogens with one attached hydrogen (secondary N) is 1. The average molecular weight is 419 g/mol. The zero-order valence-corrected chi connectivity index (χ0v) is 19.0. The summed E-state index contributed by atoms with van der Waals surface area (Å²) in [6, 6.07) is 15.5. The van der Waals surface area contributed by atoms with Crippen LogP contribution in [0.5, 0.6) is 0 Å². The summed E-state index contributed by atoms with van der Waals surface area (Å²) in [7, 11) is 0. The third-order valence-electron chi connectivity index (χ3n) is 7.69. The number of carbonyl (C=O) groups excluding carboxylic acids is 1. The van der Waals surface area contributed by atoms with Gasteiger partial charge in [-0.25, -0.2) is 4.79 Å². The van der Waals surface area contributed by atoms with Crippen LogP contribution in [-0.2, 0) is 17.6 Å². The van der Waals surface area contributed by atoms with Gasteiger partial charge < -0.3 is 10.1 Å². The molecule has 31 heavy (non-hydrogen) atoms. The van der Waals surface area contributed by atoms with E-state index in [-0.39, 0.29) is 23.7 Å². The van der Waals surface area contributed by atoms with Crippen molar-refractivity contribution in [2.45, 2.75) is 58.6 Å². The number of aryl methyl sites for hydroxylation is 1. The Bertz CT molecular complexity index is 958. The maximum Gasteiger partial charge on any atom is 0.407 e. The second kappa shape index (κ2) is 7.98. The Morgan fingerprint density at radius 2 is 1.81 bits per heavy atom. The number of benzene rings is 2. The highest BCUT2D eigenvalue weighted by atomic mass is 16.6. The lowest BCUT2D eigenvalue weighted by Gasteiger charge is -2.44. The second-order valence-electron chi connectivity index (χ2n) is 10.3. The molecule has 4 heteroatoms. The summed E-state index contributed by atoms with van der Waals surface area (Å²) >= 11 is 0. The number of alkyl carbamates (subject to hydrolysis) is 1. The maximum absolute atomic E-state index is 12.8. The summed E-state index contributed by atoms with van der Waals surface area (Å²) in [5, 5.41) is 3.23. The first kappa shape index (κ1) is 20.6. The van der Waals surface area contributed by atoms with Crippen LogP contribution >= 0.6 is 0 Å². The molecule has 3 aliphatic heterocycles. The van der Waals surface area contributed by atoms with E-state index in [9.17, 15) is 4.79 Å². The molecule has 0 aromatic heterocycles. The summed E-state index contributed by atoms with van der Waals surface area (Å²) in [5.41, 5.74) is 6.36. The number of amides is 1. The van der Waals surface area contributed by atoms with Crippen LogP contribution in [0.4, 0.5) is 4.79 Å². The SMILES string of the molecule is CCc1ccc(-c2ccc3c(c2)CC(C)(C)C3NC(=O)O[C@@H]2CN3CCC2CC3)cc1. The Kier molecular flexibility index (Phi) is 5.29. The van der Waals surface area contributed by atoms with E-state index in [0.717, 1.165) is 45.3 Å². The lowest BCUT2D eigenvalue weighted by atomic mass is 9.85. The van der Waals surface area contributed by atoms with Crippen molar-refractivity contribution in [3.8, 4) is 11.1 Å². The summed E-state index contributed by atoms with van der Waals surface area (Å²) < 4.78 is 5.92. The van der Waals surface area contributed by atoms with Gasteiger partial charge in [-0.2, -0.15) is 0 Å². The predicted molar refractivity (Wildman–Crippen MR) is 124 cm³/mol. The van der Waals surface area contributed by atoms with Gasteiger partial charge in [0.2, 0.25) is 0 Å². The summed E-state index contributed by atoms with van der Waals surface area (Å²) in [6.45, 7) is 9.85. The zero-order chi connectivity index (χ0) is 21.6. The van der Waals surface area contributed by atoms with Crippen molar-refractivity contribution in [1.82, 2.24) is 10.2 Å². The summed E-state index contributed by atoms with van der Waals surface area (Å²) in [6.07, 6.45) is 4.09. The quantitative estimate of drug-likeness (QED) is 0.727. The molecule has 2 aromatic carbocycles. The molecule has 4 aliphatic rings. The summed E-state index contributed by atoms with van der Waals surface area (Å²) in [5.74, 6) is 0.529. The molecule has 0 radical (unpaired) electrons. The number of fused-ring (bicyclic) bond motifs is 4. The van der Waals surface area contributed by atoms with Crippen molar-refractivity contribution >= 4 is 6.09 Å². The topological polar surface area (TPSA) is 41.6 Å². The zero-order valence-electron chi connectivity index (χ0n) is 19.0. The van der Waals surface area contributed by atoms with Gasteiger partial charge in [-0.1, -0.05) is 63.2 Å². The van der Waals surface area contributed by atoms with E-state index in [2.05, 4.69) is 73.5 Å². The fourth-order valence-corrected chi connectivity index (χ4v) is 5.77. The molecular weight excluding hydrogens is 384 g/mol. The van der Waals surface area contributed by atoms with E-state index < -0.39 is 0 Å². The van der Waals surface area contributed by atoms with Crippen LogP contribution in [0.25, 0.3) is 11.1 Å². The molecular formula is C27H34N2O2. The number of carbonyl (C=O) groups is 1. The van der Waals surface area contributed by atoms with Crippen molar-refractivity contribution in [2.75, 3.05) is 19.6 Å². The number of piperidine rings is 3. The van der Waals surface area contributed by atoms with Crippen molar-refractivity contribution in [2.24, 2.45) is 11.3 Å². The molecule has 1 amide bonds. The van der Waals surface area contributed by atoms with E-state index >= 15 is 0 Å².